The van der Waals surface area contributed by atoms with Crippen LogP contribution in [0.15, 0.2) is 63.8 Å². The van der Waals surface area contributed by atoms with Crippen LogP contribution in [0.4, 0.5) is 0 Å². The average Bonchev–Trinajstić information content (AvgIpc) is 3.20. The van der Waals surface area contributed by atoms with E-state index in [-0.39, 0.29) is 5.91 Å². The minimum absolute atomic E-state index is 0.0375. The maximum Gasteiger partial charge on any atom is 0.336 e. The quantitative estimate of drug-likeness (QED) is 0.661. The second-order valence-corrected chi connectivity index (χ2v) is 6.85. The molecule has 0 saturated carbocycles. The van der Waals surface area contributed by atoms with E-state index in [2.05, 4.69) is 0 Å². The number of carbonyl (C=O) groups is 1. The number of amides is 1. The summed E-state index contributed by atoms with van der Waals surface area (Å²) in [6.45, 7) is 3.39. The molecule has 1 atom stereocenters. The van der Waals surface area contributed by atoms with Gasteiger partial charge in [-0.1, -0.05) is 30.3 Å². The Morgan fingerprint density at radius 1 is 1.07 bits per heavy atom. The fraction of sp³-hybridized carbons (Fsp3) is 0.273. The van der Waals surface area contributed by atoms with Crippen LogP contribution in [0.5, 0.6) is 5.75 Å². The molecule has 1 amide bonds. The van der Waals surface area contributed by atoms with Crippen molar-refractivity contribution in [3.05, 3.63) is 76.1 Å². The maximum absolute atomic E-state index is 13.0. The first-order valence-electron chi connectivity index (χ1n) is 9.17. The predicted molar refractivity (Wildman–Crippen MR) is 103 cm³/mol. The minimum atomic E-state index is -0.724. The molecule has 138 valence electrons. The van der Waals surface area contributed by atoms with E-state index in [0.29, 0.717) is 11.3 Å². The summed E-state index contributed by atoms with van der Waals surface area (Å²) < 4.78 is 11.4. The highest BCUT2D eigenvalue weighted by Gasteiger charge is 2.29. The summed E-state index contributed by atoms with van der Waals surface area (Å²) >= 11 is 0. The molecule has 0 bridgehead atoms. The lowest BCUT2D eigenvalue weighted by atomic mass is 10.1. The molecule has 4 rings (SSSR count). The van der Waals surface area contributed by atoms with Gasteiger partial charge in [0.15, 0.2) is 0 Å². The molecule has 1 aliphatic heterocycles. The molecule has 1 aliphatic rings. The van der Waals surface area contributed by atoms with Gasteiger partial charge >= 0.3 is 5.63 Å². The van der Waals surface area contributed by atoms with Crippen LogP contribution in [0.2, 0.25) is 0 Å². The number of nitrogens with zero attached hydrogens (tertiary/aromatic N) is 1. The van der Waals surface area contributed by atoms with Crippen LogP contribution >= 0.6 is 0 Å². The Kier molecular flexibility index (Phi) is 4.67. The molecule has 27 heavy (non-hydrogen) atoms. The first kappa shape index (κ1) is 17.3. The van der Waals surface area contributed by atoms with Crippen LogP contribution in [0, 0.1) is 6.92 Å². The number of hydrogen-bond donors (Lipinski definition) is 0. The van der Waals surface area contributed by atoms with Crippen LogP contribution < -0.4 is 10.4 Å². The lowest BCUT2D eigenvalue weighted by molar-refractivity contribution is -0.137. The van der Waals surface area contributed by atoms with Gasteiger partial charge in [-0.3, -0.25) is 4.79 Å². The number of carbonyl (C=O) groups excluding carboxylic acids is 1. The zero-order chi connectivity index (χ0) is 18.8. The largest absolute Gasteiger partial charge is 0.476 e. The van der Waals surface area contributed by atoms with Gasteiger partial charge in [0.1, 0.15) is 11.3 Å². The Labute approximate surface area is 157 Å². The Morgan fingerprint density at radius 3 is 2.56 bits per heavy atom. The van der Waals surface area contributed by atoms with E-state index in [1.54, 1.807) is 6.07 Å². The normalized spacial score (nSPS) is 15.1. The molecule has 1 saturated heterocycles. The van der Waals surface area contributed by atoms with Crippen LogP contribution in [-0.4, -0.2) is 23.9 Å². The minimum Gasteiger partial charge on any atom is -0.476 e. The number of likely N-dealkylation sites (tertiary alicyclic amines) is 1. The Balaban J connectivity index is 1.70. The van der Waals surface area contributed by atoms with Crippen molar-refractivity contribution in [2.24, 2.45) is 0 Å². The monoisotopic (exact) mass is 363 g/mol. The zero-order valence-electron chi connectivity index (χ0n) is 15.2. The van der Waals surface area contributed by atoms with E-state index in [1.807, 2.05) is 54.3 Å². The first-order valence-corrected chi connectivity index (χ1v) is 9.17. The van der Waals surface area contributed by atoms with Crippen molar-refractivity contribution in [2.75, 3.05) is 13.1 Å². The predicted octanol–water partition coefficient (Wildman–Crippen LogP) is 3.84. The highest BCUT2D eigenvalue weighted by molar-refractivity contribution is 5.84. The third-order valence-corrected chi connectivity index (χ3v) is 4.92. The van der Waals surface area contributed by atoms with Gasteiger partial charge in [-0.2, -0.15) is 0 Å². The van der Waals surface area contributed by atoms with Crippen molar-refractivity contribution < 1.29 is 13.9 Å². The van der Waals surface area contributed by atoms with Crippen LogP contribution in [-0.2, 0) is 4.79 Å². The second kappa shape index (κ2) is 7.27. The van der Waals surface area contributed by atoms with Crippen LogP contribution in [0.1, 0.15) is 30.1 Å². The average molecular weight is 363 g/mol. The van der Waals surface area contributed by atoms with E-state index < -0.39 is 11.7 Å². The number of benzene rings is 2. The molecule has 1 aromatic heterocycles. The maximum atomic E-state index is 13.0. The fourth-order valence-corrected chi connectivity index (χ4v) is 3.51. The van der Waals surface area contributed by atoms with Gasteiger partial charge in [-0.15, -0.1) is 0 Å². The standard InChI is InChI=1S/C22H21NO4/c1-15-13-20(24)27-19-14-17(9-10-18(15)19)26-21(16-7-3-2-4-8-16)22(25)23-11-5-6-12-23/h2-4,7-10,13-14,21H,5-6,11-12H2,1H3/t21-/m0/s1. The van der Waals surface area contributed by atoms with Gasteiger partial charge in [-0.25, -0.2) is 4.79 Å². The second-order valence-electron chi connectivity index (χ2n) is 6.85. The summed E-state index contributed by atoms with van der Waals surface area (Å²) in [5, 5.41) is 0.851. The van der Waals surface area contributed by atoms with E-state index in [0.717, 1.165) is 42.4 Å². The smallest absolute Gasteiger partial charge is 0.336 e. The molecule has 0 unspecified atom stereocenters. The number of aryl methyl sites for hydroxylation is 1. The van der Waals surface area contributed by atoms with Gasteiger partial charge in [-0.05, 0) is 37.5 Å². The third-order valence-electron chi connectivity index (χ3n) is 4.92. The topological polar surface area (TPSA) is 59.8 Å². The number of rotatable bonds is 4. The van der Waals surface area contributed by atoms with Gasteiger partial charge in [0.2, 0.25) is 6.10 Å². The van der Waals surface area contributed by atoms with Gasteiger partial charge < -0.3 is 14.1 Å². The van der Waals surface area contributed by atoms with Crippen molar-refractivity contribution in [1.29, 1.82) is 0 Å². The number of hydrogen-bond acceptors (Lipinski definition) is 4. The van der Waals surface area contributed by atoms with Gasteiger partial charge in [0, 0.05) is 36.2 Å². The molecule has 2 heterocycles. The van der Waals surface area contributed by atoms with E-state index >= 15 is 0 Å². The molecule has 3 aromatic rings. The van der Waals surface area contributed by atoms with Gasteiger partial charge in [0.05, 0.1) is 0 Å². The number of fused-ring (bicyclic) bond motifs is 1. The van der Waals surface area contributed by atoms with Crippen LogP contribution in [0.25, 0.3) is 11.0 Å². The third kappa shape index (κ3) is 3.58. The van der Waals surface area contributed by atoms with Crippen molar-refractivity contribution in [3.8, 4) is 5.75 Å². The molecule has 0 spiro atoms. The highest BCUT2D eigenvalue weighted by Crippen LogP contribution is 2.28. The van der Waals surface area contributed by atoms with E-state index in [4.69, 9.17) is 9.15 Å². The molecule has 5 heteroatoms. The van der Waals surface area contributed by atoms with Crippen molar-refractivity contribution in [1.82, 2.24) is 4.90 Å². The van der Waals surface area contributed by atoms with E-state index in [1.165, 1.54) is 6.07 Å². The zero-order valence-corrected chi connectivity index (χ0v) is 15.2. The van der Waals surface area contributed by atoms with Crippen molar-refractivity contribution in [2.45, 2.75) is 25.9 Å². The summed E-state index contributed by atoms with van der Waals surface area (Å²) in [5.41, 5.74) is 1.71. The van der Waals surface area contributed by atoms with Crippen LogP contribution in [0.3, 0.4) is 0 Å². The summed E-state index contributed by atoms with van der Waals surface area (Å²) in [4.78, 5) is 26.6. The molecular formula is C22H21NO4. The summed E-state index contributed by atoms with van der Waals surface area (Å²) in [6.07, 6.45) is 1.32. The number of ether oxygens (including phenoxy) is 1. The van der Waals surface area contributed by atoms with E-state index in [9.17, 15) is 9.59 Å². The first-order chi connectivity index (χ1) is 13.1. The Bertz CT molecular complexity index is 1020. The Morgan fingerprint density at radius 2 is 1.81 bits per heavy atom. The molecule has 0 N–H and O–H groups in total. The van der Waals surface area contributed by atoms with Crippen molar-refractivity contribution in [3.63, 3.8) is 0 Å². The lowest BCUT2D eigenvalue weighted by Crippen LogP contribution is -2.35. The summed E-state index contributed by atoms with van der Waals surface area (Å²) in [5.74, 6) is 0.460. The highest BCUT2D eigenvalue weighted by atomic mass is 16.5. The molecule has 2 aromatic carbocycles. The summed E-state index contributed by atoms with van der Waals surface area (Å²) in [7, 11) is 0. The molecule has 0 aliphatic carbocycles. The van der Waals surface area contributed by atoms with Gasteiger partial charge in [0.25, 0.3) is 5.91 Å². The molecular weight excluding hydrogens is 342 g/mol. The summed E-state index contributed by atoms with van der Waals surface area (Å²) in [6, 6.07) is 16.3. The fourth-order valence-electron chi connectivity index (χ4n) is 3.51. The van der Waals surface area contributed by atoms with Crippen molar-refractivity contribution >= 4 is 16.9 Å². The molecule has 5 nitrogen and oxygen atoms in total. The molecule has 0 radical (unpaired) electrons. The lowest BCUT2D eigenvalue weighted by Gasteiger charge is -2.24. The SMILES string of the molecule is Cc1cc(=O)oc2cc(O[C@H](C(=O)N3CCCC3)c3ccccc3)ccc12. The Hall–Kier alpha value is -3.08. The molecule has 1 fully saturated rings.